The van der Waals surface area contributed by atoms with Crippen LogP contribution in [0.2, 0.25) is 0 Å². The summed E-state index contributed by atoms with van der Waals surface area (Å²) in [6.45, 7) is 0. The average Bonchev–Trinajstić information content (AvgIpc) is 3.29. The van der Waals surface area contributed by atoms with E-state index in [4.69, 9.17) is 0 Å². The molecule has 0 aliphatic rings. The summed E-state index contributed by atoms with van der Waals surface area (Å²) < 4.78 is 13.3. The van der Waals surface area contributed by atoms with E-state index in [9.17, 15) is 29.7 Å². The van der Waals surface area contributed by atoms with E-state index >= 15 is 0 Å². The van der Waals surface area contributed by atoms with Gasteiger partial charge in [0.1, 0.15) is 35.2 Å². The number of carboxylic acid groups (broad SMARTS) is 3. The van der Waals surface area contributed by atoms with E-state index in [1.807, 2.05) is 0 Å². The van der Waals surface area contributed by atoms with E-state index < -0.39 is 17.9 Å². The zero-order valence-corrected chi connectivity index (χ0v) is 14.4. The Labute approximate surface area is 184 Å². The summed E-state index contributed by atoms with van der Waals surface area (Å²) in [5, 5.41) is 29.6. The first-order valence-corrected chi connectivity index (χ1v) is 6.16. The quantitative estimate of drug-likeness (QED) is 0.377. The van der Waals surface area contributed by atoms with Gasteiger partial charge in [0, 0.05) is 0 Å². The van der Waals surface area contributed by atoms with Crippen molar-refractivity contribution < 1.29 is 95.4 Å². The van der Waals surface area contributed by atoms with Crippen molar-refractivity contribution in [3.8, 4) is 0 Å². The monoisotopic (exact) mass is 525 g/mol. The molecule has 0 atom stereocenters. The van der Waals surface area contributed by atoms with Gasteiger partial charge < -0.3 is 48.4 Å². The van der Waals surface area contributed by atoms with E-state index in [1.165, 1.54) is 55.2 Å². The molecule has 0 aliphatic heterocycles. The van der Waals surface area contributed by atoms with E-state index in [-0.39, 0.29) is 69.7 Å². The first-order valence-electron chi connectivity index (χ1n) is 6.16. The van der Waals surface area contributed by atoms with Gasteiger partial charge in [-0.05, 0) is 36.4 Å². The zero-order chi connectivity index (χ0) is 17.9. The Morgan fingerprint density at radius 2 is 0.846 bits per heavy atom. The number of carbonyl (C=O) groups is 3. The van der Waals surface area contributed by atoms with Crippen molar-refractivity contribution in [2.24, 2.45) is 0 Å². The van der Waals surface area contributed by atoms with Gasteiger partial charge in [0.15, 0.2) is 0 Å². The predicted molar refractivity (Wildman–Crippen MR) is 72.7 cm³/mol. The molecule has 145 valence electrons. The van der Waals surface area contributed by atoms with Crippen molar-refractivity contribution >= 4 is 17.9 Å². The Morgan fingerprint density at radius 3 is 0.923 bits per heavy atom. The maximum atomic E-state index is 9.86. The smallest absolute Gasteiger partial charge is 0.542 e. The SMILES string of the molecule is O.O=C([O-])c1ccco1.O=C([O-])c1ccco1.O=C([O-])c1ccco1.[Yb+3]. The summed E-state index contributed by atoms with van der Waals surface area (Å²) in [5.74, 6) is -4.25. The topological polar surface area (TPSA) is 191 Å². The second-order valence-electron chi connectivity index (χ2n) is 3.79. The van der Waals surface area contributed by atoms with Gasteiger partial charge in [-0.1, -0.05) is 0 Å². The van der Waals surface area contributed by atoms with E-state index in [2.05, 4.69) is 13.3 Å². The molecule has 0 fully saturated rings. The van der Waals surface area contributed by atoms with E-state index in [0.717, 1.165) is 0 Å². The molecule has 0 aliphatic carbocycles. The van der Waals surface area contributed by atoms with Crippen LogP contribution in [0.1, 0.15) is 31.7 Å². The molecule has 3 aromatic heterocycles. The van der Waals surface area contributed by atoms with Gasteiger partial charge in [-0.15, -0.1) is 0 Å². The summed E-state index contributed by atoms with van der Waals surface area (Å²) in [5.41, 5.74) is 0. The fraction of sp³-hybridized carbons (Fsp3) is 0. The Hall–Kier alpha value is -2.27. The molecular formula is C15H11O10Yb. The molecule has 26 heavy (non-hydrogen) atoms. The minimum absolute atomic E-state index is 0. The van der Waals surface area contributed by atoms with Crippen LogP contribution in [0.4, 0.5) is 0 Å². The first-order chi connectivity index (χ1) is 11.4. The molecule has 11 heteroatoms. The van der Waals surface area contributed by atoms with Crippen LogP contribution in [-0.4, -0.2) is 23.4 Å². The normalized spacial score (nSPS) is 8.31. The molecule has 0 saturated heterocycles. The maximum Gasteiger partial charge on any atom is 3.00 e. The third-order valence-electron chi connectivity index (χ3n) is 2.17. The average molecular weight is 524 g/mol. The van der Waals surface area contributed by atoms with Crippen LogP contribution in [0.25, 0.3) is 0 Å². The van der Waals surface area contributed by atoms with Gasteiger partial charge in [-0.25, -0.2) is 0 Å². The summed E-state index contributed by atoms with van der Waals surface area (Å²) >= 11 is 0. The maximum absolute atomic E-state index is 9.86. The number of carboxylic acids is 3. The third kappa shape index (κ3) is 9.89. The fourth-order valence-electron chi connectivity index (χ4n) is 1.18. The Morgan fingerprint density at radius 1 is 0.615 bits per heavy atom. The number of carbonyl (C=O) groups excluding carboxylic acids is 3. The zero-order valence-electron chi connectivity index (χ0n) is 12.6. The summed E-state index contributed by atoms with van der Waals surface area (Å²) in [6.07, 6.45) is 3.85. The molecular weight excluding hydrogens is 513 g/mol. The Kier molecular flexibility index (Phi) is 13.9. The second kappa shape index (κ2) is 14.0. The van der Waals surface area contributed by atoms with Gasteiger partial charge in [-0.3, -0.25) is 0 Å². The molecule has 3 rings (SSSR count). The van der Waals surface area contributed by atoms with Crippen molar-refractivity contribution in [2.45, 2.75) is 0 Å². The Balaban J connectivity index is 0. The number of rotatable bonds is 3. The first kappa shape index (κ1) is 26.0. The van der Waals surface area contributed by atoms with Crippen molar-refractivity contribution in [1.82, 2.24) is 0 Å². The summed E-state index contributed by atoms with van der Waals surface area (Å²) in [6, 6.07) is 8.46. The predicted octanol–water partition coefficient (Wildman–Crippen LogP) is -1.90. The van der Waals surface area contributed by atoms with Crippen molar-refractivity contribution in [3.05, 3.63) is 72.5 Å². The van der Waals surface area contributed by atoms with Crippen LogP contribution in [0, 0.1) is 46.9 Å². The molecule has 3 aromatic rings. The van der Waals surface area contributed by atoms with Crippen molar-refractivity contribution in [3.63, 3.8) is 0 Å². The molecule has 0 aromatic carbocycles. The molecule has 0 saturated carbocycles. The molecule has 0 bridgehead atoms. The summed E-state index contributed by atoms with van der Waals surface area (Å²) in [4.78, 5) is 29.6. The van der Waals surface area contributed by atoms with Crippen LogP contribution in [-0.2, 0) is 0 Å². The molecule has 0 spiro atoms. The van der Waals surface area contributed by atoms with Gasteiger partial charge in [0.2, 0.25) is 0 Å². The minimum atomic E-state index is -1.28. The van der Waals surface area contributed by atoms with Crippen molar-refractivity contribution in [2.75, 3.05) is 0 Å². The Bertz CT molecular complexity index is 639. The third-order valence-corrected chi connectivity index (χ3v) is 2.17. The molecule has 3 heterocycles. The molecule has 0 amide bonds. The van der Waals surface area contributed by atoms with Crippen LogP contribution in [0.3, 0.4) is 0 Å². The van der Waals surface area contributed by atoms with Gasteiger partial charge >= 0.3 is 46.9 Å². The molecule has 1 radical (unpaired) electrons. The fourth-order valence-corrected chi connectivity index (χ4v) is 1.18. The van der Waals surface area contributed by atoms with Crippen LogP contribution in [0.15, 0.2) is 68.4 Å². The number of hydrogen-bond donors (Lipinski definition) is 0. The van der Waals surface area contributed by atoms with E-state index in [0.29, 0.717) is 0 Å². The standard InChI is InChI=1S/3C5H4O3.H2O.Yb/c3*6-5(7)4-2-1-3-8-4;;/h3*1-3H,(H,6,7);1H2;/q;;;;+3/p-3. The molecule has 2 N–H and O–H groups in total. The largest absolute Gasteiger partial charge is 3.00 e. The number of furan rings is 3. The van der Waals surface area contributed by atoms with Crippen LogP contribution >= 0.6 is 0 Å². The van der Waals surface area contributed by atoms with Crippen molar-refractivity contribution in [1.29, 1.82) is 0 Å². The van der Waals surface area contributed by atoms with Gasteiger partial charge in [0.05, 0.1) is 18.8 Å². The van der Waals surface area contributed by atoms with Crippen LogP contribution in [0.5, 0.6) is 0 Å². The number of aromatic carboxylic acids is 3. The molecule has 10 nitrogen and oxygen atoms in total. The molecule has 0 unspecified atom stereocenters. The second-order valence-corrected chi connectivity index (χ2v) is 3.79. The summed E-state index contributed by atoms with van der Waals surface area (Å²) in [7, 11) is 0. The van der Waals surface area contributed by atoms with Gasteiger partial charge in [0.25, 0.3) is 0 Å². The minimum Gasteiger partial charge on any atom is -0.542 e. The van der Waals surface area contributed by atoms with Gasteiger partial charge in [-0.2, -0.15) is 0 Å². The number of hydrogen-bond acceptors (Lipinski definition) is 9. The van der Waals surface area contributed by atoms with E-state index in [1.54, 1.807) is 0 Å². The van der Waals surface area contributed by atoms with Crippen LogP contribution < -0.4 is 15.3 Å².